The number of hydrogen-bond acceptors (Lipinski definition) is 5. The quantitative estimate of drug-likeness (QED) is 0.386. The van der Waals surface area contributed by atoms with E-state index in [1.54, 1.807) is 18.2 Å². The van der Waals surface area contributed by atoms with Crippen LogP contribution in [0.2, 0.25) is 5.02 Å². The zero-order chi connectivity index (χ0) is 22.5. The first-order valence-electron chi connectivity index (χ1n) is 9.14. The zero-order valence-corrected chi connectivity index (χ0v) is 17.4. The van der Waals surface area contributed by atoms with Crippen molar-refractivity contribution in [3.05, 3.63) is 86.9 Å². The van der Waals surface area contributed by atoms with Crippen LogP contribution >= 0.6 is 11.6 Å². The Morgan fingerprint density at radius 3 is 2.35 bits per heavy atom. The summed E-state index contributed by atoms with van der Waals surface area (Å²) in [5.74, 6) is -0.202. The molecule has 3 rings (SSSR count). The summed E-state index contributed by atoms with van der Waals surface area (Å²) < 4.78 is 5.57. The van der Waals surface area contributed by atoms with Gasteiger partial charge in [0.1, 0.15) is 5.75 Å². The van der Waals surface area contributed by atoms with Crippen molar-refractivity contribution in [2.24, 2.45) is 0 Å². The molecule has 0 aliphatic rings. The Morgan fingerprint density at radius 1 is 1.00 bits per heavy atom. The largest absolute Gasteiger partial charge is 0.450 e. The summed E-state index contributed by atoms with van der Waals surface area (Å²) in [7, 11) is 0. The molecule has 158 valence electrons. The van der Waals surface area contributed by atoms with E-state index in [2.05, 4.69) is 10.6 Å². The van der Waals surface area contributed by atoms with E-state index in [0.29, 0.717) is 22.7 Å². The molecule has 0 aliphatic heterocycles. The van der Waals surface area contributed by atoms with E-state index in [1.165, 1.54) is 49.4 Å². The Bertz CT molecular complexity index is 1160. The molecule has 0 spiro atoms. The molecule has 3 aromatic rings. The number of amides is 2. The highest BCUT2D eigenvalue weighted by Gasteiger charge is 2.17. The lowest BCUT2D eigenvalue weighted by molar-refractivity contribution is -0.385. The Kier molecular flexibility index (Phi) is 6.52. The molecule has 31 heavy (non-hydrogen) atoms. The fourth-order valence-corrected chi connectivity index (χ4v) is 2.91. The van der Waals surface area contributed by atoms with Crippen molar-refractivity contribution < 1.29 is 19.2 Å². The molecule has 0 heterocycles. The molecule has 8 nitrogen and oxygen atoms in total. The number of carbonyl (C=O) groups excluding carboxylic acids is 2. The summed E-state index contributed by atoms with van der Waals surface area (Å²) in [4.78, 5) is 34.4. The molecule has 0 fully saturated rings. The SMILES string of the molecule is CC(=O)Nc1cc(NC(=O)c2ccc(Oc3ccc(Cl)cc3[N+](=O)[O-])cc2)ccc1C. The maximum atomic E-state index is 12.5. The normalized spacial score (nSPS) is 10.3. The smallest absolute Gasteiger partial charge is 0.313 e. The van der Waals surface area contributed by atoms with Gasteiger partial charge in [0, 0.05) is 35.0 Å². The first-order valence-corrected chi connectivity index (χ1v) is 9.52. The number of rotatable bonds is 6. The number of benzene rings is 3. The highest BCUT2D eigenvalue weighted by molar-refractivity contribution is 6.30. The van der Waals surface area contributed by atoms with E-state index >= 15 is 0 Å². The van der Waals surface area contributed by atoms with Crippen LogP contribution in [0.4, 0.5) is 17.1 Å². The van der Waals surface area contributed by atoms with Crippen LogP contribution < -0.4 is 15.4 Å². The topological polar surface area (TPSA) is 111 Å². The van der Waals surface area contributed by atoms with Crippen LogP contribution in [0.1, 0.15) is 22.8 Å². The van der Waals surface area contributed by atoms with Gasteiger partial charge in [-0.1, -0.05) is 17.7 Å². The minimum Gasteiger partial charge on any atom is -0.450 e. The van der Waals surface area contributed by atoms with Crippen LogP contribution in [-0.4, -0.2) is 16.7 Å². The van der Waals surface area contributed by atoms with Crippen LogP contribution in [0.3, 0.4) is 0 Å². The minimum atomic E-state index is -0.584. The van der Waals surface area contributed by atoms with E-state index in [0.717, 1.165) is 5.56 Å². The van der Waals surface area contributed by atoms with E-state index < -0.39 is 4.92 Å². The number of nitro groups is 1. The Labute approximate surface area is 182 Å². The average Bonchev–Trinajstić information content (AvgIpc) is 2.72. The third-order valence-electron chi connectivity index (χ3n) is 4.27. The molecule has 2 N–H and O–H groups in total. The molecule has 3 aromatic carbocycles. The van der Waals surface area contributed by atoms with Crippen molar-refractivity contribution in [1.29, 1.82) is 0 Å². The van der Waals surface area contributed by atoms with Gasteiger partial charge in [0.2, 0.25) is 11.7 Å². The van der Waals surface area contributed by atoms with Gasteiger partial charge in [-0.05, 0) is 61.0 Å². The van der Waals surface area contributed by atoms with Gasteiger partial charge in [-0.15, -0.1) is 0 Å². The highest BCUT2D eigenvalue weighted by Crippen LogP contribution is 2.33. The molecule has 0 saturated heterocycles. The van der Waals surface area contributed by atoms with Gasteiger partial charge in [0.05, 0.1) is 4.92 Å². The standard InChI is InChI=1S/C22H18ClN3O5/c1-13-3-7-17(12-19(13)24-14(2)27)25-22(28)15-4-8-18(9-5-15)31-21-10-6-16(23)11-20(21)26(29)30/h3-12H,1-2H3,(H,24,27)(H,25,28). The summed E-state index contributed by atoms with van der Waals surface area (Å²) in [6, 6.07) is 15.4. The van der Waals surface area contributed by atoms with Crippen LogP contribution in [0.15, 0.2) is 60.7 Å². The Balaban J connectivity index is 1.73. The number of halogens is 1. The fourth-order valence-electron chi connectivity index (χ4n) is 2.75. The van der Waals surface area contributed by atoms with Crippen LogP contribution in [0, 0.1) is 17.0 Å². The number of hydrogen-bond donors (Lipinski definition) is 2. The molecule has 9 heteroatoms. The van der Waals surface area contributed by atoms with Gasteiger partial charge in [0.25, 0.3) is 5.91 Å². The van der Waals surface area contributed by atoms with Crippen LogP contribution in [-0.2, 0) is 4.79 Å². The third-order valence-corrected chi connectivity index (χ3v) is 4.50. The molecule has 0 unspecified atom stereocenters. The van der Waals surface area contributed by atoms with E-state index in [4.69, 9.17) is 16.3 Å². The van der Waals surface area contributed by atoms with Gasteiger partial charge in [0.15, 0.2) is 0 Å². The highest BCUT2D eigenvalue weighted by atomic mass is 35.5. The predicted octanol–water partition coefficient (Wildman–Crippen LogP) is 5.56. The average molecular weight is 440 g/mol. The minimum absolute atomic E-state index is 0.0387. The fraction of sp³-hybridized carbons (Fsp3) is 0.0909. The van der Waals surface area contributed by atoms with Gasteiger partial charge in [-0.25, -0.2) is 0 Å². The zero-order valence-electron chi connectivity index (χ0n) is 16.6. The number of nitrogens with zero attached hydrogens (tertiary/aromatic N) is 1. The van der Waals surface area contributed by atoms with Gasteiger partial charge < -0.3 is 15.4 Å². The van der Waals surface area contributed by atoms with Crippen LogP contribution in [0.5, 0.6) is 11.5 Å². The lowest BCUT2D eigenvalue weighted by Gasteiger charge is -2.11. The van der Waals surface area contributed by atoms with Crippen molar-refractivity contribution in [3.8, 4) is 11.5 Å². The molecule has 0 aromatic heterocycles. The Hall–Kier alpha value is -3.91. The van der Waals surface area contributed by atoms with Gasteiger partial charge in [-0.3, -0.25) is 19.7 Å². The number of nitro benzene ring substituents is 1. The van der Waals surface area contributed by atoms with E-state index in [9.17, 15) is 19.7 Å². The molecular formula is C22H18ClN3O5. The van der Waals surface area contributed by atoms with E-state index in [1.807, 2.05) is 6.92 Å². The number of nitrogens with one attached hydrogen (secondary N) is 2. The molecule has 0 bridgehead atoms. The van der Waals surface area contributed by atoms with Gasteiger partial charge >= 0.3 is 5.69 Å². The maximum absolute atomic E-state index is 12.5. The van der Waals surface area contributed by atoms with Crippen molar-refractivity contribution in [2.75, 3.05) is 10.6 Å². The summed E-state index contributed by atoms with van der Waals surface area (Å²) in [6.07, 6.45) is 0. The molecule has 0 atom stereocenters. The Morgan fingerprint density at radius 2 is 1.71 bits per heavy atom. The van der Waals surface area contributed by atoms with Crippen molar-refractivity contribution in [3.63, 3.8) is 0 Å². The molecule has 2 amide bonds. The summed E-state index contributed by atoms with van der Waals surface area (Å²) in [5, 5.41) is 16.9. The first kappa shape index (κ1) is 21.8. The molecule has 0 aliphatic carbocycles. The number of ether oxygens (including phenoxy) is 1. The van der Waals surface area contributed by atoms with E-state index in [-0.39, 0.29) is 28.3 Å². The van der Waals surface area contributed by atoms with Crippen molar-refractivity contribution in [1.82, 2.24) is 0 Å². The summed E-state index contributed by atoms with van der Waals surface area (Å²) in [6.45, 7) is 3.26. The molecule has 0 radical (unpaired) electrons. The number of anilines is 2. The predicted molar refractivity (Wildman–Crippen MR) is 118 cm³/mol. The second kappa shape index (κ2) is 9.27. The van der Waals surface area contributed by atoms with Crippen molar-refractivity contribution in [2.45, 2.75) is 13.8 Å². The molecular weight excluding hydrogens is 422 g/mol. The molecule has 0 saturated carbocycles. The van der Waals surface area contributed by atoms with Crippen molar-refractivity contribution >= 4 is 40.5 Å². The maximum Gasteiger partial charge on any atom is 0.313 e. The lowest BCUT2D eigenvalue weighted by Crippen LogP contribution is -2.13. The summed E-state index contributed by atoms with van der Waals surface area (Å²) >= 11 is 5.80. The van der Waals surface area contributed by atoms with Crippen LogP contribution in [0.25, 0.3) is 0 Å². The number of aryl methyl sites for hydroxylation is 1. The first-order chi connectivity index (χ1) is 14.7. The second-order valence-corrected chi connectivity index (χ2v) is 7.10. The third kappa shape index (κ3) is 5.58. The second-order valence-electron chi connectivity index (χ2n) is 6.66. The monoisotopic (exact) mass is 439 g/mol. The summed E-state index contributed by atoms with van der Waals surface area (Å²) in [5.41, 5.74) is 2.10. The number of carbonyl (C=O) groups is 2. The van der Waals surface area contributed by atoms with Gasteiger partial charge in [-0.2, -0.15) is 0 Å². The lowest BCUT2D eigenvalue weighted by atomic mass is 10.1.